The Bertz CT molecular complexity index is 325. The Kier molecular flexibility index (Phi) is 2.45. The molecule has 2 rings (SSSR count). The van der Waals surface area contributed by atoms with Crippen LogP contribution in [0, 0.1) is 5.92 Å². The summed E-state index contributed by atoms with van der Waals surface area (Å²) in [4.78, 5) is 0. The summed E-state index contributed by atoms with van der Waals surface area (Å²) in [6.07, 6.45) is 11.4. The second-order valence-electron chi connectivity index (χ2n) is 4.35. The maximum atomic E-state index is 2.34. The van der Waals surface area contributed by atoms with Crippen LogP contribution in [0.3, 0.4) is 0 Å². The van der Waals surface area contributed by atoms with Crippen LogP contribution < -0.4 is 0 Å². The van der Waals surface area contributed by atoms with E-state index in [0.717, 1.165) is 12.8 Å². The second-order valence-corrected chi connectivity index (χ2v) is 4.35. The largest absolute Gasteiger partial charge is 0.0802 e. The molecule has 0 saturated carbocycles. The van der Waals surface area contributed by atoms with E-state index in [0.29, 0.717) is 5.92 Å². The van der Waals surface area contributed by atoms with Gasteiger partial charge in [0, 0.05) is 0 Å². The molecule has 0 atom stereocenters. The van der Waals surface area contributed by atoms with Gasteiger partial charge in [0.1, 0.15) is 0 Å². The summed E-state index contributed by atoms with van der Waals surface area (Å²) >= 11 is 0. The van der Waals surface area contributed by atoms with Gasteiger partial charge in [-0.15, -0.1) is 0 Å². The van der Waals surface area contributed by atoms with Crippen LogP contribution in [0.15, 0.2) is 46.6 Å². The number of hydrogen-bond donors (Lipinski definition) is 0. The summed E-state index contributed by atoms with van der Waals surface area (Å²) in [6.45, 7) is 6.80. The first-order valence-electron chi connectivity index (χ1n) is 5.42. The highest BCUT2D eigenvalue weighted by atomic mass is 14.2. The van der Waals surface area contributed by atoms with E-state index in [9.17, 15) is 0 Å². The van der Waals surface area contributed by atoms with Gasteiger partial charge in [-0.2, -0.15) is 0 Å². The van der Waals surface area contributed by atoms with Gasteiger partial charge in [0.2, 0.25) is 0 Å². The Morgan fingerprint density at radius 2 is 1.36 bits per heavy atom. The molecule has 0 nitrogen and oxygen atoms in total. The Morgan fingerprint density at radius 1 is 0.929 bits per heavy atom. The van der Waals surface area contributed by atoms with Gasteiger partial charge in [0.05, 0.1) is 0 Å². The Hall–Kier alpha value is -1.04. The predicted molar refractivity (Wildman–Crippen MR) is 62.1 cm³/mol. The molecular formula is C14H18. The van der Waals surface area contributed by atoms with Crippen molar-refractivity contribution in [1.29, 1.82) is 0 Å². The van der Waals surface area contributed by atoms with Gasteiger partial charge in [-0.05, 0) is 32.6 Å². The third kappa shape index (κ3) is 1.50. The lowest BCUT2D eigenvalue weighted by Crippen LogP contribution is -2.03. The lowest BCUT2D eigenvalue weighted by atomic mass is 9.87. The van der Waals surface area contributed by atoms with E-state index in [4.69, 9.17) is 0 Å². The summed E-state index contributed by atoms with van der Waals surface area (Å²) < 4.78 is 0. The maximum Gasteiger partial charge on any atom is -0.000377 e. The zero-order valence-corrected chi connectivity index (χ0v) is 9.30. The molecule has 2 aliphatic carbocycles. The first-order chi connectivity index (χ1) is 6.70. The third-order valence-corrected chi connectivity index (χ3v) is 3.47. The van der Waals surface area contributed by atoms with Crippen molar-refractivity contribution in [1.82, 2.24) is 0 Å². The third-order valence-electron chi connectivity index (χ3n) is 3.47. The average Bonchev–Trinajstić information content (AvgIpc) is 2.73. The molecule has 0 radical (unpaired) electrons. The van der Waals surface area contributed by atoms with E-state index in [-0.39, 0.29) is 0 Å². The van der Waals surface area contributed by atoms with E-state index in [1.54, 1.807) is 11.1 Å². The van der Waals surface area contributed by atoms with E-state index in [2.05, 4.69) is 45.1 Å². The van der Waals surface area contributed by atoms with Crippen LogP contribution in [0.5, 0.6) is 0 Å². The monoisotopic (exact) mass is 186 g/mol. The summed E-state index contributed by atoms with van der Waals surface area (Å²) in [5.74, 6) is 0.639. The number of allylic oxidation sites excluding steroid dienone is 8. The molecule has 0 saturated heterocycles. The minimum Gasteiger partial charge on any atom is -0.0802 e. The first-order valence-corrected chi connectivity index (χ1v) is 5.42. The van der Waals surface area contributed by atoms with Crippen LogP contribution in [0.2, 0.25) is 0 Å². The minimum atomic E-state index is 0.639. The normalized spacial score (nSPS) is 20.9. The van der Waals surface area contributed by atoms with Gasteiger partial charge in [0.25, 0.3) is 0 Å². The molecule has 0 aromatic rings. The average molecular weight is 186 g/mol. The highest BCUT2D eigenvalue weighted by Gasteiger charge is 2.19. The van der Waals surface area contributed by atoms with Crippen molar-refractivity contribution in [2.75, 3.05) is 0 Å². The van der Waals surface area contributed by atoms with Crippen molar-refractivity contribution in [2.45, 2.75) is 33.6 Å². The summed E-state index contributed by atoms with van der Waals surface area (Å²) in [7, 11) is 0. The van der Waals surface area contributed by atoms with E-state index >= 15 is 0 Å². The zero-order valence-electron chi connectivity index (χ0n) is 9.30. The molecule has 0 heteroatoms. The van der Waals surface area contributed by atoms with Crippen LogP contribution in [-0.2, 0) is 0 Å². The predicted octanol–water partition coefficient (Wildman–Crippen LogP) is 4.18. The van der Waals surface area contributed by atoms with Gasteiger partial charge in [-0.25, -0.2) is 0 Å². The lowest BCUT2D eigenvalue weighted by Gasteiger charge is -2.17. The fourth-order valence-electron chi connectivity index (χ4n) is 2.51. The molecule has 0 aliphatic heterocycles. The van der Waals surface area contributed by atoms with Gasteiger partial charge in [-0.3, -0.25) is 0 Å². The number of hydrogen-bond acceptors (Lipinski definition) is 0. The van der Waals surface area contributed by atoms with Crippen LogP contribution in [0.25, 0.3) is 0 Å². The van der Waals surface area contributed by atoms with E-state index in [1.807, 2.05) is 0 Å². The van der Waals surface area contributed by atoms with Gasteiger partial charge in [0.15, 0.2) is 0 Å². The lowest BCUT2D eigenvalue weighted by molar-refractivity contribution is 0.753. The molecule has 14 heavy (non-hydrogen) atoms. The molecule has 0 N–H and O–H groups in total. The van der Waals surface area contributed by atoms with Crippen molar-refractivity contribution in [3.05, 3.63) is 46.6 Å². The Labute approximate surface area is 86.7 Å². The SMILES string of the molecule is CC1=C(C(C)C2=C(C)C=CC2)CC=C1. The van der Waals surface area contributed by atoms with Crippen LogP contribution in [0.4, 0.5) is 0 Å². The molecule has 0 unspecified atom stereocenters. The van der Waals surface area contributed by atoms with Crippen molar-refractivity contribution < 1.29 is 0 Å². The molecule has 0 spiro atoms. The minimum absolute atomic E-state index is 0.639. The number of rotatable bonds is 2. The first kappa shape index (κ1) is 9.51. The molecule has 0 aromatic heterocycles. The highest BCUT2D eigenvalue weighted by Crippen LogP contribution is 2.35. The van der Waals surface area contributed by atoms with Crippen LogP contribution >= 0.6 is 0 Å². The molecule has 74 valence electrons. The highest BCUT2D eigenvalue weighted by molar-refractivity contribution is 5.42. The standard InChI is InChI=1S/C14H18/c1-10-6-4-8-13(10)12(3)14-9-5-7-11(14)2/h4-7,12H,8-9H2,1-3H3. The molecule has 0 amide bonds. The molecule has 0 heterocycles. The van der Waals surface area contributed by atoms with Gasteiger partial charge >= 0.3 is 0 Å². The Balaban J connectivity index is 2.22. The van der Waals surface area contributed by atoms with Gasteiger partial charge < -0.3 is 0 Å². The molecular weight excluding hydrogens is 168 g/mol. The van der Waals surface area contributed by atoms with Crippen LogP contribution in [-0.4, -0.2) is 0 Å². The summed E-state index contributed by atoms with van der Waals surface area (Å²) in [5, 5.41) is 0. The van der Waals surface area contributed by atoms with Crippen molar-refractivity contribution in [3.63, 3.8) is 0 Å². The fraction of sp³-hybridized carbons (Fsp3) is 0.429. The van der Waals surface area contributed by atoms with E-state index < -0.39 is 0 Å². The fourth-order valence-corrected chi connectivity index (χ4v) is 2.51. The molecule has 2 aliphatic rings. The van der Waals surface area contributed by atoms with Crippen molar-refractivity contribution in [3.8, 4) is 0 Å². The topological polar surface area (TPSA) is 0 Å². The molecule has 0 bridgehead atoms. The summed E-state index contributed by atoms with van der Waals surface area (Å²) in [5.41, 5.74) is 6.18. The quantitative estimate of drug-likeness (QED) is 0.607. The van der Waals surface area contributed by atoms with E-state index in [1.165, 1.54) is 11.1 Å². The molecule has 0 fully saturated rings. The Morgan fingerprint density at radius 3 is 1.64 bits per heavy atom. The van der Waals surface area contributed by atoms with Crippen molar-refractivity contribution in [2.24, 2.45) is 5.92 Å². The second kappa shape index (κ2) is 3.61. The van der Waals surface area contributed by atoms with Crippen LogP contribution in [0.1, 0.15) is 33.6 Å². The molecule has 0 aromatic carbocycles. The smallest absolute Gasteiger partial charge is 0.000377 e. The maximum absolute atomic E-state index is 2.34. The zero-order chi connectivity index (χ0) is 10.1. The summed E-state index contributed by atoms with van der Waals surface area (Å²) in [6, 6.07) is 0. The van der Waals surface area contributed by atoms with Gasteiger partial charge in [-0.1, -0.05) is 53.5 Å². The van der Waals surface area contributed by atoms with Crippen molar-refractivity contribution >= 4 is 0 Å².